The minimum absolute atomic E-state index is 0.0636. The first-order valence-corrected chi connectivity index (χ1v) is 11.7. The molecule has 35 heavy (non-hydrogen) atoms. The van der Waals surface area contributed by atoms with E-state index in [0.717, 1.165) is 35.1 Å². The van der Waals surface area contributed by atoms with Crippen LogP contribution in [0.25, 0.3) is 11.1 Å². The van der Waals surface area contributed by atoms with E-state index in [9.17, 15) is 19.5 Å². The second kappa shape index (κ2) is 9.61. The highest BCUT2D eigenvalue weighted by molar-refractivity contribution is 5.94. The molecule has 4 N–H and O–H groups in total. The lowest BCUT2D eigenvalue weighted by molar-refractivity contribution is -0.143. The van der Waals surface area contributed by atoms with Crippen molar-refractivity contribution in [1.29, 1.82) is 0 Å². The van der Waals surface area contributed by atoms with Crippen LogP contribution in [0.5, 0.6) is 0 Å². The van der Waals surface area contributed by atoms with Crippen LogP contribution in [-0.4, -0.2) is 45.9 Å². The SMILES string of the molecule is O=C(Nc1cc(C(=O)NC2CCCCC2C(=O)O)[nH]n1)OCC1c2ccccc2-c2ccccc21. The second-order valence-electron chi connectivity index (χ2n) is 8.93. The number of benzene rings is 2. The number of ether oxygens (including phenoxy) is 1. The Bertz CT molecular complexity index is 1220. The molecule has 1 aromatic heterocycles. The van der Waals surface area contributed by atoms with Gasteiger partial charge in [0.15, 0.2) is 5.82 Å². The Labute approximate surface area is 201 Å². The number of carboxylic acids is 1. The fourth-order valence-electron chi connectivity index (χ4n) is 5.09. The van der Waals surface area contributed by atoms with Crippen LogP contribution in [0, 0.1) is 5.92 Å². The van der Waals surface area contributed by atoms with Gasteiger partial charge < -0.3 is 15.2 Å². The molecule has 180 valence electrons. The number of rotatable bonds is 6. The topological polar surface area (TPSA) is 133 Å². The van der Waals surface area contributed by atoms with Crippen LogP contribution >= 0.6 is 0 Å². The van der Waals surface area contributed by atoms with Gasteiger partial charge in [-0.25, -0.2) is 4.79 Å². The van der Waals surface area contributed by atoms with Crippen molar-refractivity contribution in [2.45, 2.75) is 37.6 Å². The van der Waals surface area contributed by atoms with Crippen LogP contribution in [0.1, 0.15) is 53.2 Å². The van der Waals surface area contributed by atoms with Gasteiger partial charge in [-0.05, 0) is 35.1 Å². The number of nitrogens with one attached hydrogen (secondary N) is 3. The highest BCUT2D eigenvalue weighted by atomic mass is 16.5. The zero-order chi connectivity index (χ0) is 24.4. The Kier molecular flexibility index (Phi) is 6.22. The van der Waals surface area contributed by atoms with Crippen molar-refractivity contribution in [2.75, 3.05) is 11.9 Å². The fraction of sp³-hybridized carbons (Fsp3) is 0.308. The van der Waals surface area contributed by atoms with Gasteiger partial charge in [0, 0.05) is 18.0 Å². The highest BCUT2D eigenvalue weighted by Crippen LogP contribution is 2.44. The molecule has 2 aliphatic carbocycles. The first-order chi connectivity index (χ1) is 17.0. The van der Waals surface area contributed by atoms with Crippen molar-refractivity contribution < 1.29 is 24.2 Å². The van der Waals surface area contributed by atoms with Crippen LogP contribution in [0.3, 0.4) is 0 Å². The van der Waals surface area contributed by atoms with E-state index in [0.29, 0.717) is 12.8 Å². The molecule has 0 bridgehead atoms. The average Bonchev–Trinajstić information content (AvgIpc) is 3.46. The number of aliphatic carboxylic acids is 1. The summed E-state index contributed by atoms with van der Waals surface area (Å²) in [7, 11) is 0. The van der Waals surface area contributed by atoms with Gasteiger partial charge in [0.05, 0.1) is 5.92 Å². The van der Waals surface area contributed by atoms with Crippen molar-refractivity contribution in [3.05, 3.63) is 71.4 Å². The van der Waals surface area contributed by atoms with E-state index in [1.807, 2.05) is 36.4 Å². The summed E-state index contributed by atoms with van der Waals surface area (Å²) in [5, 5.41) is 21.3. The summed E-state index contributed by atoms with van der Waals surface area (Å²) < 4.78 is 5.51. The molecule has 5 rings (SSSR count). The maximum atomic E-state index is 12.6. The quantitative estimate of drug-likeness (QED) is 0.424. The van der Waals surface area contributed by atoms with E-state index < -0.39 is 29.9 Å². The number of hydrogen-bond acceptors (Lipinski definition) is 5. The zero-order valence-electron chi connectivity index (χ0n) is 19.0. The minimum atomic E-state index is -0.905. The first-order valence-electron chi connectivity index (χ1n) is 11.7. The van der Waals surface area contributed by atoms with Crippen LogP contribution in [-0.2, 0) is 9.53 Å². The molecule has 0 spiro atoms. The van der Waals surface area contributed by atoms with Gasteiger partial charge in [-0.1, -0.05) is 61.4 Å². The molecule has 1 heterocycles. The van der Waals surface area contributed by atoms with Crippen LogP contribution in [0.2, 0.25) is 0 Å². The Morgan fingerprint density at radius 2 is 1.66 bits per heavy atom. The predicted octanol–water partition coefficient (Wildman–Crippen LogP) is 4.14. The highest BCUT2D eigenvalue weighted by Gasteiger charge is 2.32. The predicted molar refractivity (Wildman–Crippen MR) is 128 cm³/mol. The average molecular weight is 475 g/mol. The monoisotopic (exact) mass is 474 g/mol. The molecule has 0 saturated heterocycles. The number of amides is 2. The lowest BCUT2D eigenvalue weighted by Crippen LogP contribution is -2.45. The Hall–Kier alpha value is -4.14. The normalized spacial score (nSPS) is 18.9. The molecule has 2 aromatic carbocycles. The van der Waals surface area contributed by atoms with Crippen LogP contribution < -0.4 is 10.6 Å². The number of aromatic amines is 1. The number of carboxylic acid groups (broad SMARTS) is 1. The van der Waals surface area contributed by atoms with Crippen molar-refractivity contribution in [2.24, 2.45) is 5.92 Å². The van der Waals surface area contributed by atoms with Crippen molar-refractivity contribution in [3.8, 4) is 11.1 Å². The van der Waals surface area contributed by atoms with Crippen molar-refractivity contribution in [1.82, 2.24) is 15.5 Å². The molecule has 0 radical (unpaired) electrons. The van der Waals surface area contributed by atoms with E-state index in [2.05, 4.69) is 33.0 Å². The smallest absolute Gasteiger partial charge is 0.412 e. The number of anilines is 1. The van der Waals surface area contributed by atoms with Gasteiger partial charge in [-0.15, -0.1) is 0 Å². The number of H-pyrrole nitrogens is 1. The molecule has 9 nitrogen and oxygen atoms in total. The number of nitrogens with zero attached hydrogens (tertiary/aromatic N) is 1. The van der Waals surface area contributed by atoms with E-state index in [4.69, 9.17) is 4.74 Å². The summed E-state index contributed by atoms with van der Waals surface area (Å²) in [5.41, 5.74) is 4.64. The first kappa shape index (κ1) is 22.6. The summed E-state index contributed by atoms with van der Waals surface area (Å²) in [6.45, 7) is 0.163. The number of carbonyl (C=O) groups is 3. The molecule has 0 aliphatic heterocycles. The lowest BCUT2D eigenvalue weighted by atomic mass is 9.84. The zero-order valence-corrected chi connectivity index (χ0v) is 19.0. The summed E-state index contributed by atoms with van der Waals surface area (Å²) in [6, 6.07) is 17.1. The number of hydrogen-bond donors (Lipinski definition) is 4. The van der Waals surface area contributed by atoms with Crippen molar-refractivity contribution >= 4 is 23.8 Å². The van der Waals surface area contributed by atoms with Gasteiger partial charge in [-0.3, -0.25) is 20.0 Å². The Balaban J connectivity index is 1.19. The molecule has 2 atom stereocenters. The molecule has 9 heteroatoms. The molecule has 2 unspecified atom stereocenters. The largest absolute Gasteiger partial charge is 0.481 e. The van der Waals surface area contributed by atoms with E-state index >= 15 is 0 Å². The summed E-state index contributed by atoms with van der Waals surface area (Å²) >= 11 is 0. The second-order valence-corrected chi connectivity index (χ2v) is 8.93. The molecule has 1 fully saturated rings. The molecule has 2 aliphatic rings. The van der Waals surface area contributed by atoms with Gasteiger partial charge in [0.25, 0.3) is 5.91 Å². The summed E-state index contributed by atoms with van der Waals surface area (Å²) in [5.74, 6) is -1.89. The lowest BCUT2D eigenvalue weighted by Gasteiger charge is -2.28. The maximum absolute atomic E-state index is 12.6. The molecular formula is C26H26N4O5. The molecular weight excluding hydrogens is 448 g/mol. The van der Waals surface area contributed by atoms with Crippen LogP contribution in [0.4, 0.5) is 10.6 Å². The van der Waals surface area contributed by atoms with Gasteiger partial charge in [0.1, 0.15) is 12.3 Å². The number of carbonyl (C=O) groups excluding carboxylic acids is 2. The number of fused-ring (bicyclic) bond motifs is 3. The maximum Gasteiger partial charge on any atom is 0.412 e. The van der Waals surface area contributed by atoms with Crippen LogP contribution in [0.15, 0.2) is 54.6 Å². The Morgan fingerprint density at radius 3 is 2.34 bits per heavy atom. The molecule has 1 saturated carbocycles. The molecule has 2 amide bonds. The van der Waals surface area contributed by atoms with E-state index in [1.165, 1.54) is 6.07 Å². The fourth-order valence-corrected chi connectivity index (χ4v) is 5.09. The minimum Gasteiger partial charge on any atom is -0.481 e. The van der Waals surface area contributed by atoms with Gasteiger partial charge in [-0.2, -0.15) is 5.10 Å². The van der Waals surface area contributed by atoms with Gasteiger partial charge in [0.2, 0.25) is 0 Å². The third-order valence-corrected chi connectivity index (χ3v) is 6.80. The summed E-state index contributed by atoms with van der Waals surface area (Å²) in [6.07, 6.45) is 2.18. The molecule has 3 aromatic rings. The standard InChI is InChI=1S/C26H26N4O5/c31-24(27-21-12-6-5-11-19(21)25(32)33)22-13-23(30-29-22)28-26(34)35-14-20-17-9-3-1-7-15(17)16-8-2-4-10-18(16)20/h1-4,7-10,13,19-21H,5-6,11-12,14H2,(H,27,31)(H,32,33)(H2,28,29,30,34). The number of aromatic nitrogens is 2. The Morgan fingerprint density at radius 1 is 1.00 bits per heavy atom. The third-order valence-electron chi connectivity index (χ3n) is 6.80. The van der Waals surface area contributed by atoms with Gasteiger partial charge >= 0.3 is 12.1 Å². The third kappa shape index (κ3) is 4.62. The van der Waals surface area contributed by atoms with E-state index in [-0.39, 0.29) is 24.0 Å². The van der Waals surface area contributed by atoms with Crippen molar-refractivity contribution in [3.63, 3.8) is 0 Å². The summed E-state index contributed by atoms with van der Waals surface area (Å²) in [4.78, 5) is 36.5. The van der Waals surface area contributed by atoms with E-state index in [1.54, 1.807) is 0 Å².